The first-order valence-corrected chi connectivity index (χ1v) is 7.83. The summed E-state index contributed by atoms with van der Waals surface area (Å²) >= 11 is 5.76. The molecular formula is C17H10ClFN2O5. The van der Waals surface area contributed by atoms with Gasteiger partial charge in [-0.25, -0.2) is 9.18 Å². The van der Waals surface area contributed by atoms with Crippen molar-refractivity contribution in [2.24, 2.45) is 0 Å². The van der Waals surface area contributed by atoms with E-state index in [2.05, 4.69) is 10.1 Å². The van der Waals surface area contributed by atoms with E-state index in [1.54, 1.807) is 18.2 Å². The summed E-state index contributed by atoms with van der Waals surface area (Å²) < 4.78 is 34.2. The molecule has 0 N–H and O–H groups in total. The molecule has 2 heterocycles. The van der Waals surface area contributed by atoms with Gasteiger partial charge in [-0.1, -0.05) is 16.8 Å². The topological polar surface area (TPSA) is 83.7 Å². The summed E-state index contributed by atoms with van der Waals surface area (Å²) in [7, 11) is 0. The second-order valence-corrected chi connectivity index (χ2v) is 5.72. The molecule has 0 saturated carbocycles. The van der Waals surface area contributed by atoms with E-state index in [-0.39, 0.29) is 29.9 Å². The van der Waals surface area contributed by atoms with Crippen LogP contribution < -0.4 is 9.47 Å². The lowest BCUT2D eigenvalue weighted by atomic mass is 10.2. The monoisotopic (exact) mass is 376 g/mol. The molecule has 0 bridgehead atoms. The van der Waals surface area contributed by atoms with Crippen LogP contribution in [0.2, 0.25) is 5.02 Å². The maximum Gasteiger partial charge on any atom is 0.341 e. The third-order valence-corrected chi connectivity index (χ3v) is 3.81. The van der Waals surface area contributed by atoms with E-state index in [4.69, 9.17) is 30.3 Å². The first-order valence-electron chi connectivity index (χ1n) is 7.45. The summed E-state index contributed by atoms with van der Waals surface area (Å²) in [6.45, 7) is -0.144. The number of carbonyl (C=O) groups excluding carboxylic acids is 1. The molecule has 0 saturated heterocycles. The van der Waals surface area contributed by atoms with Gasteiger partial charge in [-0.2, -0.15) is 4.98 Å². The Balaban J connectivity index is 1.45. The molecule has 1 aliphatic heterocycles. The molecule has 0 atom stereocenters. The van der Waals surface area contributed by atoms with E-state index in [9.17, 15) is 9.18 Å². The number of benzene rings is 2. The van der Waals surface area contributed by atoms with Gasteiger partial charge in [-0.3, -0.25) is 0 Å². The van der Waals surface area contributed by atoms with Gasteiger partial charge in [-0.05, 0) is 36.4 Å². The molecule has 3 aromatic rings. The number of hydrogen-bond donors (Lipinski definition) is 0. The number of aromatic nitrogens is 2. The predicted octanol–water partition coefficient (Wildman–Crippen LogP) is 3.61. The molecule has 1 aliphatic rings. The highest BCUT2D eigenvalue weighted by molar-refractivity contribution is 6.30. The number of ether oxygens (including phenoxy) is 3. The average Bonchev–Trinajstić information content (AvgIpc) is 3.30. The van der Waals surface area contributed by atoms with E-state index in [1.807, 2.05) is 0 Å². The molecule has 0 spiro atoms. The van der Waals surface area contributed by atoms with Crippen molar-refractivity contribution in [2.45, 2.75) is 6.61 Å². The minimum atomic E-state index is -0.882. The van der Waals surface area contributed by atoms with Gasteiger partial charge in [0.25, 0.3) is 5.89 Å². The number of rotatable bonds is 4. The van der Waals surface area contributed by atoms with Crippen molar-refractivity contribution in [3.8, 4) is 22.9 Å². The fourth-order valence-electron chi connectivity index (χ4n) is 2.33. The van der Waals surface area contributed by atoms with Gasteiger partial charge in [0.1, 0.15) is 5.82 Å². The molecule has 0 radical (unpaired) electrons. The molecule has 0 aliphatic carbocycles. The molecule has 1 aromatic heterocycles. The molecule has 4 rings (SSSR count). The minimum absolute atomic E-state index is 0.0634. The van der Waals surface area contributed by atoms with E-state index in [0.717, 1.165) is 6.07 Å². The maximum absolute atomic E-state index is 13.6. The van der Waals surface area contributed by atoms with E-state index >= 15 is 0 Å². The number of esters is 1. The van der Waals surface area contributed by atoms with Crippen molar-refractivity contribution < 1.29 is 27.9 Å². The van der Waals surface area contributed by atoms with Gasteiger partial charge in [-0.15, -0.1) is 0 Å². The lowest BCUT2D eigenvalue weighted by Gasteiger charge is -2.03. The van der Waals surface area contributed by atoms with Crippen LogP contribution in [0.3, 0.4) is 0 Å². The standard InChI is InChI=1S/C17H10ClFN2O5/c18-10-2-3-12(19)11(6-10)17(22)23-7-15-20-16(21-26-15)9-1-4-13-14(5-9)25-8-24-13/h1-6H,7-8H2. The molecule has 0 unspecified atom stereocenters. The highest BCUT2D eigenvalue weighted by atomic mass is 35.5. The summed E-state index contributed by atoms with van der Waals surface area (Å²) in [4.78, 5) is 16.1. The average molecular weight is 377 g/mol. The van der Waals surface area contributed by atoms with Gasteiger partial charge < -0.3 is 18.7 Å². The highest BCUT2D eigenvalue weighted by Crippen LogP contribution is 2.35. The molecule has 26 heavy (non-hydrogen) atoms. The summed E-state index contributed by atoms with van der Waals surface area (Å²) in [5.74, 6) is -0.0396. The lowest BCUT2D eigenvalue weighted by Crippen LogP contribution is -2.07. The number of hydrogen-bond acceptors (Lipinski definition) is 7. The number of halogens is 2. The van der Waals surface area contributed by atoms with Crippen LogP contribution >= 0.6 is 11.6 Å². The van der Waals surface area contributed by atoms with E-state index < -0.39 is 11.8 Å². The Morgan fingerprint density at radius 3 is 2.92 bits per heavy atom. The molecule has 0 fully saturated rings. The Labute approximate surface area is 151 Å². The predicted molar refractivity (Wildman–Crippen MR) is 86.4 cm³/mol. The van der Waals surface area contributed by atoms with Gasteiger partial charge in [0.05, 0.1) is 5.56 Å². The zero-order chi connectivity index (χ0) is 18.1. The van der Waals surface area contributed by atoms with Crippen LogP contribution in [0.15, 0.2) is 40.9 Å². The van der Waals surface area contributed by atoms with Crippen LogP contribution in [0.1, 0.15) is 16.2 Å². The molecule has 7 nitrogen and oxygen atoms in total. The van der Waals surface area contributed by atoms with Crippen LogP contribution in [0.4, 0.5) is 4.39 Å². The second-order valence-electron chi connectivity index (χ2n) is 5.28. The molecule has 9 heteroatoms. The van der Waals surface area contributed by atoms with Crippen LogP contribution in [0.25, 0.3) is 11.4 Å². The van der Waals surface area contributed by atoms with Crippen molar-refractivity contribution in [1.82, 2.24) is 10.1 Å². The van der Waals surface area contributed by atoms with E-state index in [0.29, 0.717) is 22.9 Å². The lowest BCUT2D eigenvalue weighted by molar-refractivity contribution is 0.0424. The number of carbonyl (C=O) groups is 1. The largest absolute Gasteiger partial charge is 0.454 e. The summed E-state index contributed by atoms with van der Waals surface area (Å²) in [5, 5.41) is 4.05. The number of fused-ring (bicyclic) bond motifs is 1. The highest BCUT2D eigenvalue weighted by Gasteiger charge is 2.18. The maximum atomic E-state index is 13.6. The van der Waals surface area contributed by atoms with Crippen molar-refractivity contribution in [2.75, 3.05) is 6.79 Å². The Morgan fingerprint density at radius 2 is 2.04 bits per heavy atom. The van der Waals surface area contributed by atoms with Gasteiger partial charge >= 0.3 is 5.97 Å². The number of nitrogens with zero attached hydrogens (tertiary/aromatic N) is 2. The fraction of sp³-hybridized carbons (Fsp3) is 0.118. The zero-order valence-corrected chi connectivity index (χ0v) is 13.8. The van der Waals surface area contributed by atoms with Gasteiger partial charge in [0, 0.05) is 10.6 Å². The normalized spacial score (nSPS) is 12.2. The third kappa shape index (κ3) is 3.18. The molecule has 132 valence electrons. The summed E-state index contributed by atoms with van der Waals surface area (Å²) in [6.07, 6.45) is 0. The minimum Gasteiger partial charge on any atom is -0.454 e. The zero-order valence-electron chi connectivity index (χ0n) is 13.1. The molecule has 0 amide bonds. The van der Waals surface area contributed by atoms with Crippen molar-refractivity contribution >= 4 is 17.6 Å². The van der Waals surface area contributed by atoms with Crippen molar-refractivity contribution in [3.05, 3.63) is 58.7 Å². The van der Waals surface area contributed by atoms with Crippen LogP contribution in [0.5, 0.6) is 11.5 Å². The summed E-state index contributed by atoms with van der Waals surface area (Å²) in [5.41, 5.74) is 0.379. The fourth-order valence-corrected chi connectivity index (χ4v) is 2.50. The Morgan fingerprint density at radius 1 is 1.19 bits per heavy atom. The Kier molecular flexibility index (Phi) is 4.18. The van der Waals surface area contributed by atoms with E-state index in [1.165, 1.54) is 12.1 Å². The van der Waals surface area contributed by atoms with Crippen LogP contribution in [-0.2, 0) is 11.3 Å². The molecular weight excluding hydrogens is 367 g/mol. The first-order chi connectivity index (χ1) is 12.6. The Hall–Kier alpha value is -3.13. The van der Waals surface area contributed by atoms with Gasteiger partial charge in [0.15, 0.2) is 18.1 Å². The van der Waals surface area contributed by atoms with Crippen LogP contribution in [0, 0.1) is 5.82 Å². The van der Waals surface area contributed by atoms with Crippen molar-refractivity contribution in [3.63, 3.8) is 0 Å². The second kappa shape index (κ2) is 6.64. The SMILES string of the molecule is O=C(OCc1nc(-c2ccc3c(c2)OCO3)no1)c1cc(Cl)ccc1F. The quantitative estimate of drug-likeness (QED) is 0.643. The smallest absolute Gasteiger partial charge is 0.341 e. The van der Waals surface area contributed by atoms with Gasteiger partial charge in [0.2, 0.25) is 12.6 Å². The first kappa shape index (κ1) is 16.3. The molecule has 2 aromatic carbocycles. The summed E-state index contributed by atoms with van der Waals surface area (Å²) in [6, 6.07) is 8.80. The van der Waals surface area contributed by atoms with Crippen LogP contribution in [-0.4, -0.2) is 22.9 Å². The third-order valence-electron chi connectivity index (χ3n) is 3.57. The Bertz CT molecular complexity index is 991. The van der Waals surface area contributed by atoms with Crippen molar-refractivity contribution in [1.29, 1.82) is 0 Å².